The van der Waals surface area contributed by atoms with E-state index in [1.54, 1.807) is 0 Å². The van der Waals surface area contributed by atoms with Crippen LogP contribution in [0.2, 0.25) is 0 Å². The molecule has 0 radical (unpaired) electrons. The first-order valence-electron chi connectivity index (χ1n) is 6.37. The molecule has 1 aromatic carbocycles. The molecule has 2 rings (SSSR count). The van der Waals surface area contributed by atoms with Crippen molar-refractivity contribution in [2.24, 2.45) is 0 Å². The topological polar surface area (TPSA) is 79.9 Å². The molecule has 0 fully saturated rings. The van der Waals surface area contributed by atoms with Crippen LogP contribution in [0, 0.1) is 0 Å². The average Bonchev–Trinajstić information content (AvgIpc) is 2.84. The summed E-state index contributed by atoms with van der Waals surface area (Å²) < 4.78 is 5.14. The number of H-pyrrole nitrogens is 1. The van der Waals surface area contributed by atoms with Crippen molar-refractivity contribution in [3.8, 4) is 11.4 Å². The number of carbonyl (C=O) groups is 1. The summed E-state index contributed by atoms with van der Waals surface area (Å²) in [5.41, 5.74) is 0.410. The Bertz CT molecular complexity index is 572. The molecule has 0 unspecified atom stereocenters. The Morgan fingerprint density at radius 3 is 2.65 bits per heavy atom. The van der Waals surface area contributed by atoms with E-state index in [9.17, 15) is 4.79 Å². The van der Waals surface area contributed by atoms with Crippen LogP contribution in [-0.4, -0.2) is 26.9 Å². The van der Waals surface area contributed by atoms with Crippen LogP contribution in [0.1, 0.15) is 26.6 Å². The predicted octanol–water partition coefficient (Wildman–Crippen LogP) is 2.50. The number of nitrogens with zero attached hydrogens (tertiary/aromatic N) is 2. The third-order valence-electron chi connectivity index (χ3n) is 2.36. The Morgan fingerprint density at radius 2 is 2.00 bits per heavy atom. The van der Waals surface area contributed by atoms with E-state index < -0.39 is 11.7 Å². The van der Waals surface area contributed by atoms with Gasteiger partial charge >= 0.3 is 6.09 Å². The lowest BCUT2D eigenvalue weighted by Gasteiger charge is -2.19. The van der Waals surface area contributed by atoms with E-state index in [2.05, 4.69) is 20.5 Å². The maximum Gasteiger partial charge on any atom is 0.408 e. The molecule has 0 spiro atoms. The van der Waals surface area contributed by atoms with Crippen LogP contribution in [0.3, 0.4) is 0 Å². The molecule has 20 heavy (non-hydrogen) atoms. The van der Waals surface area contributed by atoms with Gasteiger partial charge in [0.25, 0.3) is 0 Å². The minimum atomic E-state index is -0.513. The van der Waals surface area contributed by atoms with Gasteiger partial charge in [-0.15, -0.1) is 0 Å². The molecule has 0 aliphatic heterocycles. The molecule has 1 amide bonds. The molecule has 0 aliphatic rings. The van der Waals surface area contributed by atoms with E-state index in [0.29, 0.717) is 11.6 Å². The van der Waals surface area contributed by atoms with Crippen molar-refractivity contribution < 1.29 is 9.53 Å². The van der Waals surface area contributed by atoms with E-state index in [1.807, 2.05) is 51.1 Å². The fourth-order valence-corrected chi connectivity index (χ4v) is 1.56. The second kappa shape index (κ2) is 5.73. The number of hydrogen-bond acceptors (Lipinski definition) is 4. The number of aromatic amines is 1. The summed E-state index contributed by atoms with van der Waals surface area (Å²) in [5.74, 6) is 1.18. The molecule has 2 aromatic rings. The molecule has 1 aromatic heterocycles. The number of hydrogen-bond donors (Lipinski definition) is 2. The molecule has 106 valence electrons. The quantitative estimate of drug-likeness (QED) is 0.901. The fourth-order valence-electron chi connectivity index (χ4n) is 1.56. The zero-order chi connectivity index (χ0) is 14.6. The third kappa shape index (κ3) is 4.08. The molecular weight excluding hydrogens is 256 g/mol. The second-order valence-corrected chi connectivity index (χ2v) is 5.33. The van der Waals surface area contributed by atoms with Crippen LogP contribution >= 0.6 is 0 Å². The largest absolute Gasteiger partial charge is 0.444 e. The summed E-state index contributed by atoms with van der Waals surface area (Å²) in [6, 6.07) is 9.62. The smallest absolute Gasteiger partial charge is 0.408 e. The monoisotopic (exact) mass is 274 g/mol. The second-order valence-electron chi connectivity index (χ2n) is 5.33. The molecule has 0 aliphatic carbocycles. The van der Waals surface area contributed by atoms with Gasteiger partial charge in [0.15, 0.2) is 5.82 Å². The highest BCUT2D eigenvalue weighted by Crippen LogP contribution is 2.13. The van der Waals surface area contributed by atoms with Crippen molar-refractivity contribution in [3.63, 3.8) is 0 Å². The van der Waals surface area contributed by atoms with Gasteiger partial charge in [0, 0.05) is 5.56 Å². The standard InChI is InChI=1S/C14H18N4O2/c1-14(2,3)20-13(19)15-9-11-16-12(18-17-11)10-7-5-4-6-8-10/h4-8H,9H2,1-3H3,(H,15,19)(H,16,17,18). The predicted molar refractivity (Wildman–Crippen MR) is 74.9 cm³/mol. The first-order valence-corrected chi connectivity index (χ1v) is 6.37. The lowest BCUT2D eigenvalue weighted by atomic mass is 10.2. The minimum absolute atomic E-state index is 0.245. The number of rotatable bonds is 3. The first kappa shape index (κ1) is 14.0. The summed E-state index contributed by atoms with van der Waals surface area (Å²) in [5, 5.41) is 9.53. The molecule has 6 heteroatoms. The normalized spacial score (nSPS) is 11.2. The van der Waals surface area contributed by atoms with E-state index in [-0.39, 0.29) is 6.54 Å². The van der Waals surface area contributed by atoms with Crippen LogP contribution in [0.25, 0.3) is 11.4 Å². The Hall–Kier alpha value is -2.37. The Kier molecular flexibility index (Phi) is 4.02. The molecule has 0 atom stereocenters. The molecule has 1 heterocycles. The van der Waals surface area contributed by atoms with Gasteiger partial charge in [-0.1, -0.05) is 30.3 Å². The number of carbonyl (C=O) groups excluding carboxylic acids is 1. The summed E-state index contributed by atoms with van der Waals surface area (Å²) in [7, 11) is 0. The molecule has 0 bridgehead atoms. The highest BCUT2D eigenvalue weighted by molar-refractivity contribution is 5.67. The van der Waals surface area contributed by atoms with Crippen molar-refractivity contribution in [3.05, 3.63) is 36.2 Å². The fraction of sp³-hybridized carbons (Fsp3) is 0.357. The van der Waals surface area contributed by atoms with Gasteiger partial charge in [-0.05, 0) is 20.8 Å². The van der Waals surface area contributed by atoms with Crippen molar-refractivity contribution in [2.75, 3.05) is 0 Å². The van der Waals surface area contributed by atoms with Crippen LogP contribution in [0.5, 0.6) is 0 Å². The Labute approximate surface area is 117 Å². The lowest BCUT2D eigenvalue weighted by molar-refractivity contribution is 0.0522. The van der Waals surface area contributed by atoms with Gasteiger partial charge in [-0.25, -0.2) is 9.78 Å². The van der Waals surface area contributed by atoms with E-state index in [4.69, 9.17) is 4.74 Å². The van der Waals surface area contributed by atoms with Gasteiger partial charge in [-0.2, -0.15) is 5.10 Å². The van der Waals surface area contributed by atoms with E-state index in [1.165, 1.54) is 0 Å². The summed E-state index contributed by atoms with van der Waals surface area (Å²) in [4.78, 5) is 15.8. The lowest BCUT2D eigenvalue weighted by Crippen LogP contribution is -2.32. The molecule has 6 nitrogen and oxygen atoms in total. The first-order chi connectivity index (χ1) is 9.44. The Balaban J connectivity index is 1.92. The van der Waals surface area contributed by atoms with Crippen LogP contribution in [-0.2, 0) is 11.3 Å². The van der Waals surface area contributed by atoms with Crippen LogP contribution in [0.15, 0.2) is 30.3 Å². The molecule has 0 saturated heterocycles. The van der Waals surface area contributed by atoms with Crippen molar-refractivity contribution >= 4 is 6.09 Å². The van der Waals surface area contributed by atoms with Crippen molar-refractivity contribution in [2.45, 2.75) is 32.9 Å². The maximum atomic E-state index is 11.5. The Morgan fingerprint density at radius 1 is 1.30 bits per heavy atom. The number of benzene rings is 1. The average molecular weight is 274 g/mol. The van der Waals surface area contributed by atoms with Gasteiger partial charge in [0.2, 0.25) is 0 Å². The number of ether oxygens (including phenoxy) is 1. The number of aromatic nitrogens is 3. The summed E-state index contributed by atoms with van der Waals surface area (Å²) in [6.07, 6.45) is -0.477. The van der Waals surface area contributed by atoms with Gasteiger partial charge in [0.05, 0.1) is 6.54 Å². The van der Waals surface area contributed by atoms with Crippen molar-refractivity contribution in [1.29, 1.82) is 0 Å². The summed E-state index contributed by atoms with van der Waals surface area (Å²) in [6.45, 7) is 5.69. The third-order valence-corrected chi connectivity index (χ3v) is 2.36. The van der Waals surface area contributed by atoms with Gasteiger partial charge in [0.1, 0.15) is 11.4 Å². The van der Waals surface area contributed by atoms with E-state index >= 15 is 0 Å². The van der Waals surface area contributed by atoms with Gasteiger partial charge < -0.3 is 10.1 Å². The maximum absolute atomic E-state index is 11.5. The SMILES string of the molecule is CC(C)(C)OC(=O)NCc1nc(-c2ccccc2)n[nH]1. The van der Waals surface area contributed by atoms with Crippen LogP contribution in [0.4, 0.5) is 4.79 Å². The highest BCUT2D eigenvalue weighted by Gasteiger charge is 2.16. The molecule has 0 saturated carbocycles. The highest BCUT2D eigenvalue weighted by atomic mass is 16.6. The number of alkyl carbamates (subject to hydrolysis) is 1. The van der Waals surface area contributed by atoms with Crippen LogP contribution < -0.4 is 5.32 Å². The summed E-state index contributed by atoms with van der Waals surface area (Å²) >= 11 is 0. The zero-order valence-corrected chi connectivity index (χ0v) is 11.8. The van der Waals surface area contributed by atoms with Crippen molar-refractivity contribution in [1.82, 2.24) is 20.5 Å². The molecule has 2 N–H and O–H groups in total. The van der Waals surface area contributed by atoms with E-state index in [0.717, 1.165) is 5.56 Å². The zero-order valence-electron chi connectivity index (χ0n) is 11.8. The number of nitrogens with one attached hydrogen (secondary N) is 2. The number of amides is 1. The van der Waals surface area contributed by atoms with Gasteiger partial charge in [-0.3, -0.25) is 5.10 Å². The minimum Gasteiger partial charge on any atom is -0.444 e. The molecular formula is C14H18N4O2.